The third-order valence-corrected chi connectivity index (χ3v) is 2.88. The van der Waals surface area contributed by atoms with Gasteiger partial charge in [0, 0.05) is 6.04 Å². The molecule has 1 rings (SSSR count). The highest BCUT2D eigenvalue weighted by molar-refractivity contribution is 5.44. The Morgan fingerprint density at radius 1 is 1.06 bits per heavy atom. The van der Waals surface area contributed by atoms with Crippen LogP contribution in [0.3, 0.4) is 0 Å². The molecule has 0 aliphatic carbocycles. The van der Waals surface area contributed by atoms with Crippen LogP contribution in [0.1, 0.15) is 39.2 Å². The van der Waals surface area contributed by atoms with Crippen molar-refractivity contribution in [2.75, 3.05) is 13.2 Å². The Hall–Kier alpha value is -1.22. The minimum atomic E-state index is 0.127. The van der Waals surface area contributed by atoms with Crippen molar-refractivity contribution in [3.05, 3.63) is 23.8 Å². The second-order valence-electron chi connectivity index (χ2n) is 4.22. The van der Waals surface area contributed by atoms with E-state index in [1.807, 2.05) is 32.9 Å². The lowest BCUT2D eigenvalue weighted by Gasteiger charge is -2.18. The van der Waals surface area contributed by atoms with E-state index in [9.17, 15) is 0 Å². The van der Waals surface area contributed by atoms with Gasteiger partial charge in [-0.1, -0.05) is 13.0 Å². The zero-order valence-corrected chi connectivity index (χ0v) is 11.2. The number of benzene rings is 1. The smallest absolute Gasteiger partial charge is 0.161 e. The molecule has 0 saturated heterocycles. The highest BCUT2D eigenvalue weighted by atomic mass is 16.5. The summed E-state index contributed by atoms with van der Waals surface area (Å²) in [7, 11) is 0. The first-order valence-corrected chi connectivity index (χ1v) is 6.25. The maximum atomic E-state index is 5.92. The molecule has 1 aromatic carbocycles. The summed E-state index contributed by atoms with van der Waals surface area (Å²) in [5, 5.41) is 0. The minimum absolute atomic E-state index is 0.127. The van der Waals surface area contributed by atoms with Crippen molar-refractivity contribution in [3.63, 3.8) is 0 Å². The lowest BCUT2D eigenvalue weighted by molar-refractivity contribution is 0.287. The molecular formula is C14H23NO2. The standard InChI is InChI=1S/C14H23NO2/c1-5-16-13-8-7-12(10(3)11(4)15)9-14(13)17-6-2/h7-11H,5-6,15H2,1-4H3. The van der Waals surface area contributed by atoms with Gasteiger partial charge in [-0.05, 0) is 44.4 Å². The fourth-order valence-electron chi connectivity index (χ4n) is 1.65. The molecular weight excluding hydrogens is 214 g/mol. The lowest BCUT2D eigenvalue weighted by Crippen LogP contribution is -2.22. The number of nitrogens with two attached hydrogens (primary N) is 1. The SMILES string of the molecule is CCOc1ccc(C(C)C(C)N)cc1OCC. The van der Waals surface area contributed by atoms with Crippen LogP contribution in [-0.2, 0) is 0 Å². The van der Waals surface area contributed by atoms with Crippen molar-refractivity contribution in [2.24, 2.45) is 5.73 Å². The van der Waals surface area contributed by atoms with Gasteiger partial charge >= 0.3 is 0 Å². The average Bonchev–Trinajstić information content (AvgIpc) is 2.31. The summed E-state index contributed by atoms with van der Waals surface area (Å²) in [4.78, 5) is 0. The molecule has 0 heterocycles. The molecule has 17 heavy (non-hydrogen) atoms. The number of rotatable bonds is 6. The van der Waals surface area contributed by atoms with E-state index in [1.54, 1.807) is 0 Å². The highest BCUT2D eigenvalue weighted by Crippen LogP contribution is 2.31. The fourth-order valence-corrected chi connectivity index (χ4v) is 1.65. The molecule has 3 nitrogen and oxygen atoms in total. The summed E-state index contributed by atoms with van der Waals surface area (Å²) in [6.07, 6.45) is 0. The Labute approximate surface area is 104 Å². The molecule has 0 fully saturated rings. The van der Waals surface area contributed by atoms with Crippen molar-refractivity contribution in [1.82, 2.24) is 0 Å². The Kier molecular flexibility index (Phi) is 5.29. The highest BCUT2D eigenvalue weighted by Gasteiger charge is 2.13. The first kappa shape index (κ1) is 13.8. The molecule has 2 atom stereocenters. The Morgan fingerprint density at radius 3 is 2.18 bits per heavy atom. The molecule has 96 valence electrons. The summed E-state index contributed by atoms with van der Waals surface area (Å²) < 4.78 is 11.1. The van der Waals surface area contributed by atoms with Crippen molar-refractivity contribution in [3.8, 4) is 11.5 Å². The van der Waals surface area contributed by atoms with E-state index in [-0.39, 0.29) is 6.04 Å². The quantitative estimate of drug-likeness (QED) is 0.827. The summed E-state index contributed by atoms with van der Waals surface area (Å²) in [6, 6.07) is 6.18. The van der Waals surface area contributed by atoms with Gasteiger partial charge in [0.15, 0.2) is 11.5 Å². The number of ether oxygens (including phenoxy) is 2. The second-order valence-corrected chi connectivity index (χ2v) is 4.22. The van der Waals surface area contributed by atoms with Crippen molar-refractivity contribution in [1.29, 1.82) is 0 Å². The van der Waals surface area contributed by atoms with Crippen LogP contribution in [0, 0.1) is 0 Å². The topological polar surface area (TPSA) is 44.5 Å². The number of hydrogen-bond acceptors (Lipinski definition) is 3. The van der Waals surface area contributed by atoms with Crippen LogP contribution in [0.2, 0.25) is 0 Å². The summed E-state index contributed by atoms with van der Waals surface area (Å²) in [6.45, 7) is 9.35. The van der Waals surface area contributed by atoms with Gasteiger partial charge in [-0.15, -0.1) is 0 Å². The van der Waals surface area contributed by atoms with Crippen molar-refractivity contribution >= 4 is 0 Å². The van der Waals surface area contributed by atoms with Gasteiger partial charge in [-0.3, -0.25) is 0 Å². The normalized spacial score (nSPS) is 14.2. The van der Waals surface area contributed by atoms with Crippen LogP contribution in [-0.4, -0.2) is 19.3 Å². The molecule has 2 unspecified atom stereocenters. The van der Waals surface area contributed by atoms with Crippen LogP contribution in [0.4, 0.5) is 0 Å². The molecule has 0 saturated carbocycles. The molecule has 3 heteroatoms. The van der Waals surface area contributed by atoms with Crippen LogP contribution in [0.25, 0.3) is 0 Å². The molecule has 0 bridgehead atoms. The fraction of sp³-hybridized carbons (Fsp3) is 0.571. The zero-order valence-electron chi connectivity index (χ0n) is 11.2. The van der Waals surface area contributed by atoms with Gasteiger partial charge in [0.25, 0.3) is 0 Å². The van der Waals surface area contributed by atoms with Crippen LogP contribution in [0.15, 0.2) is 18.2 Å². The van der Waals surface area contributed by atoms with Gasteiger partial charge in [0.05, 0.1) is 13.2 Å². The van der Waals surface area contributed by atoms with Gasteiger partial charge < -0.3 is 15.2 Å². The first-order valence-electron chi connectivity index (χ1n) is 6.25. The number of hydrogen-bond donors (Lipinski definition) is 1. The average molecular weight is 237 g/mol. The van der Waals surface area contributed by atoms with Crippen molar-refractivity contribution < 1.29 is 9.47 Å². The molecule has 1 aromatic rings. The molecule has 0 radical (unpaired) electrons. The van der Waals surface area contributed by atoms with Crippen LogP contribution >= 0.6 is 0 Å². The summed E-state index contributed by atoms with van der Waals surface area (Å²) in [5.74, 6) is 1.92. The first-order chi connectivity index (χ1) is 8.10. The third-order valence-electron chi connectivity index (χ3n) is 2.88. The molecule has 0 aliphatic heterocycles. The van der Waals surface area contributed by atoms with Gasteiger partial charge in [0.1, 0.15) is 0 Å². The second kappa shape index (κ2) is 6.50. The van der Waals surface area contributed by atoms with Crippen LogP contribution in [0.5, 0.6) is 11.5 Å². The van der Waals surface area contributed by atoms with Gasteiger partial charge in [-0.25, -0.2) is 0 Å². The zero-order chi connectivity index (χ0) is 12.8. The van der Waals surface area contributed by atoms with Crippen molar-refractivity contribution in [2.45, 2.75) is 39.7 Å². The van der Waals surface area contributed by atoms with E-state index in [2.05, 4.69) is 13.0 Å². The molecule has 0 aliphatic rings. The molecule has 0 amide bonds. The van der Waals surface area contributed by atoms with E-state index < -0.39 is 0 Å². The van der Waals surface area contributed by atoms with E-state index in [1.165, 1.54) is 5.56 Å². The Bertz CT molecular complexity index is 350. The van der Waals surface area contributed by atoms with E-state index in [0.29, 0.717) is 19.1 Å². The Balaban J connectivity index is 3.00. The summed E-state index contributed by atoms with van der Waals surface area (Å²) >= 11 is 0. The largest absolute Gasteiger partial charge is 0.490 e. The van der Waals surface area contributed by atoms with Gasteiger partial charge in [-0.2, -0.15) is 0 Å². The Morgan fingerprint density at radius 2 is 1.65 bits per heavy atom. The third kappa shape index (κ3) is 3.63. The predicted molar refractivity (Wildman–Crippen MR) is 70.8 cm³/mol. The summed E-state index contributed by atoms with van der Waals surface area (Å²) in [5.41, 5.74) is 7.10. The van der Waals surface area contributed by atoms with E-state index in [0.717, 1.165) is 11.5 Å². The minimum Gasteiger partial charge on any atom is -0.490 e. The monoisotopic (exact) mass is 237 g/mol. The lowest BCUT2D eigenvalue weighted by atomic mass is 9.95. The van der Waals surface area contributed by atoms with E-state index in [4.69, 9.17) is 15.2 Å². The molecule has 0 spiro atoms. The van der Waals surface area contributed by atoms with Crippen LogP contribution < -0.4 is 15.2 Å². The molecule has 2 N–H and O–H groups in total. The van der Waals surface area contributed by atoms with E-state index >= 15 is 0 Å². The maximum Gasteiger partial charge on any atom is 0.161 e. The maximum absolute atomic E-state index is 5.92. The predicted octanol–water partition coefficient (Wildman–Crippen LogP) is 2.93. The molecule has 0 aromatic heterocycles. The van der Waals surface area contributed by atoms with Gasteiger partial charge in [0.2, 0.25) is 0 Å².